The molecule has 104 valence electrons. The minimum atomic E-state index is -0.335. The molecule has 0 atom stereocenters. The van der Waals surface area contributed by atoms with Crippen LogP contribution in [0, 0.1) is 6.92 Å². The van der Waals surface area contributed by atoms with Crippen LogP contribution in [0.3, 0.4) is 0 Å². The Morgan fingerprint density at radius 1 is 1.25 bits per heavy atom. The third-order valence-electron chi connectivity index (χ3n) is 2.76. The highest BCUT2D eigenvalue weighted by atomic mass is 79.9. The first-order valence-corrected chi connectivity index (χ1v) is 7.26. The number of carbonyl (C=O) groups excluding carboxylic acids is 1. The lowest BCUT2D eigenvalue weighted by Gasteiger charge is -2.12. The normalized spacial score (nSPS) is 10.4. The van der Waals surface area contributed by atoms with Crippen molar-refractivity contribution < 1.29 is 4.79 Å². The summed E-state index contributed by atoms with van der Waals surface area (Å²) in [5, 5.41) is 3.52. The number of rotatable bonds is 2. The SMILES string of the molecule is Cc1ccc(Cl)c(NC(=O)c2cc(N)ccc2Br)c1Cl. The Morgan fingerprint density at radius 3 is 2.65 bits per heavy atom. The number of nitrogen functional groups attached to an aromatic ring is 1. The van der Waals surface area contributed by atoms with Crippen LogP contribution in [0.5, 0.6) is 0 Å². The van der Waals surface area contributed by atoms with Crippen LogP contribution in [0.4, 0.5) is 11.4 Å². The summed E-state index contributed by atoms with van der Waals surface area (Å²) in [6.45, 7) is 1.84. The molecule has 0 bridgehead atoms. The van der Waals surface area contributed by atoms with Crippen LogP contribution >= 0.6 is 39.1 Å². The molecule has 0 saturated carbocycles. The summed E-state index contributed by atoms with van der Waals surface area (Å²) in [5.74, 6) is -0.335. The first-order chi connectivity index (χ1) is 9.40. The largest absolute Gasteiger partial charge is 0.399 e. The van der Waals surface area contributed by atoms with E-state index in [-0.39, 0.29) is 5.91 Å². The van der Waals surface area contributed by atoms with Crippen molar-refractivity contribution in [2.24, 2.45) is 0 Å². The van der Waals surface area contributed by atoms with Crippen LogP contribution in [0.1, 0.15) is 15.9 Å². The van der Waals surface area contributed by atoms with Crippen molar-refractivity contribution >= 4 is 56.4 Å². The van der Waals surface area contributed by atoms with Crippen LogP contribution in [-0.4, -0.2) is 5.91 Å². The maximum Gasteiger partial charge on any atom is 0.256 e. The van der Waals surface area contributed by atoms with E-state index in [9.17, 15) is 4.79 Å². The number of halogens is 3. The van der Waals surface area contributed by atoms with Gasteiger partial charge in [0.1, 0.15) is 0 Å². The van der Waals surface area contributed by atoms with Crippen molar-refractivity contribution in [3.05, 3.63) is 56.0 Å². The predicted octanol–water partition coefficient (Wildman–Crippen LogP) is 4.90. The molecule has 3 nitrogen and oxygen atoms in total. The van der Waals surface area contributed by atoms with Crippen molar-refractivity contribution in [3.8, 4) is 0 Å². The standard InChI is InChI=1S/C14H11BrCl2N2O/c1-7-2-5-11(16)13(12(7)17)19-14(20)9-6-8(18)3-4-10(9)15/h2-6H,18H2,1H3,(H,19,20). The third-order valence-corrected chi connectivity index (χ3v) is 4.25. The molecule has 0 saturated heterocycles. The maximum absolute atomic E-state index is 12.3. The van der Waals surface area contributed by atoms with E-state index in [4.69, 9.17) is 28.9 Å². The zero-order valence-corrected chi connectivity index (χ0v) is 13.6. The number of carbonyl (C=O) groups is 1. The summed E-state index contributed by atoms with van der Waals surface area (Å²) in [7, 11) is 0. The fraction of sp³-hybridized carbons (Fsp3) is 0.0714. The molecule has 0 fully saturated rings. The molecule has 0 aliphatic rings. The van der Waals surface area contributed by atoms with E-state index in [1.165, 1.54) is 0 Å². The molecule has 0 radical (unpaired) electrons. The Bertz CT molecular complexity index is 689. The summed E-state index contributed by atoms with van der Waals surface area (Å²) in [4.78, 5) is 12.3. The minimum Gasteiger partial charge on any atom is -0.399 e. The van der Waals surface area contributed by atoms with E-state index >= 15 is 0 Å². The molecule has 6 heteroatoms. The molecule has 2 aromatic carbocycles. The molecule has 0 spiro atoms. The highest BCUT2D eigenvalue weighted by molar-refractivity contribution is 9.10. The van der Waals surface area contributed by atoms with Gasteiger partial charge in [0, 0.05) is 10.2 Å². The number of anilines is 2. The Hall–Kier alpha value is -1.23. The molecule has 0 aliphatic carbocycles. The Balaban J connectivity index is 2.38. The van der Waals surface area contributed by atoms with Crippen molar-refractivity contribution in [1.29, 1.82) is 0 Å². The van der Waals surface area contributed by atoms with Gasteiger partial charge in [0.2, 0.25) is 0 Å². The number of hydrogen-bond donors (Lipinski definition) is 2. The van der Waals surface area contributed by atoms with E-state index in [0.29, 0.717) is 31.5 Å². The van der Waals surface area contributed by atoms with Gasteiger partial charge in [-0.2, -0.15) is 0 Å². The monoisotopic (exact) mass is 372 g/mol. The van der Waals surface area contributed by atoms with Gasteiger partial charge in [0.15, 0.2) is 0 Å². The number of benzene rings is 2. The lowest BCUT2D eigenvalue weighted by atomic mass is 10.1. The average Bonchev–Trinajstić information content (AvgIpc) is 2.41. The molecule has 2 rings (SSSR count). The van der Waals surface area contributed by atoms with E-state index < -0.39 is 0 Å². The molecular formula is C14H11BrCl2N2O. The fourth-order valence-corrected chi connectivity index (χ4v) is 2.56. The predicted molar refractivity (Wildman–Crippen MR) is 87.7 cm³/mol. The maximum atomic E-state index is 12.3. The molecule has 20 heavy (non-hydrogen) atoms. The third kappa shape index (κ3) is 3.08. The van der Waals surface area contributed by atoms with Gasteiger partial charge in [-0.1, -0.05) is 29.3 Å². The first kappa shape index (κ1) is 15.2. The van der Waals surface area contributed by atoms with Gasteiger partial charge < -0.3 is 11.1 Å². The number of nitrogens with one attached hydrogen (secondary N) is 1. The van der Waals surface area contributed by atoms with Crippen molar-refractivity contribution in [1.82, 2.24) is 0 Å². The van der Waals surface area contributed by atoms with E-state index in [0.717, 1.165) is 5.56 Å². The van der Waals surface area contributed by atoms with E-state index in [2.05, 4.69) is 21.2 Å². The van der Waals surface area contributed by atoms with Crippen molar-refractivity contribution in [3.63, 3.8) is 0 Å². The average molecular weight is 374 g/mol. The highest BCUT2D eigenvalue weighted by Crippen LogP contribution is 2.33. The number of hydrogen-bond acceptors (Lipinski definition) is 2. The zero-order chi connectivity index (χ0) is 14.9. The first-order valence-electron chi connectivity index (χ1n) is 5.71. The molecule has 0 heterocycles. The second-order valence-corrected chi connectivity index (χ2v) is 5.89. The number of nitrogens with two attached hydrogens (primary N) is 1. The van der Waals surface area contributed by atoms with Gasteiger partial charge in [0.05, 0.1) is 21.3 Å². The van der Waals surface area contributed by atoms with Crippen molar-refractivity contribution in [2.45, 2.75) is 6.92 Å². The number of aryl methyl sites for hydroxylation is 1. The summed E-state index contributed by atoms with van der Waals surface area (Å²) in [5.41, 5.74) is 7.83. The molecule has 3 N–H and O–H groups in total. The second-order valence-electron chi connectivity index (χ2n) is 4.25. The van der Waals surface area contributed by atoms with Crippen LogP contribution < -0.4 is 11.1 Å². The van der Waals surface area contributed by atoms with Crippen LogP contribution in [-0.2, 0) is 0 Å². The van der Waals surface area contributed by atoms with Crippen LogP contribution in [0.25, 0.3) is 0 Å². The zero-order valence-electron chi connectivity index (χ0n) is 10.5. The summed E-state index contributed by atoms with van der Waals surface area (Å²) < 4.78 is 0.643. The van der Waals surface area contributed by atoms with Gasteiger partial charge >= 0.3 is 0 Å². The molecule has 0 unspecified atom stereocenters. The Labute approximate surface area is 135 Å². The van der Waals surface area contributed by atoms with Crippen LogP contribution in [0.2, 0.25) is 10.0 Å². The van der Waals surface area contributed by atoms with Gasteiger partial charge in [-0.15, -0.1) is 0 Å². The molecule has 2 aromatic rings. The summed E-state index contributed by atoms with van der Waals surface area (Å²) >= 11 is 15.5. The Kier molecular flexibility index (Phi) is 4.58. The number of amides is 1. The lowest BCUT2D eigenvalue weighted by molar-refractivity contribution is 0.102. The van der Waals surface area contributed by atoms with E-state index in [1.807, 2.05) is 6.92 Å². The minimum absolute atomic E-state index is 0.335. The van der Waals surface area contributed by atoms with Gasteiger partial charge in [-0.05, 0) is 52.7 Å². The van der Waals surface area contributed by atoms with Gasteiger partial charge in [-0.25, -0.2) is 0 Å². The van der Waals surface area contributed by atoms with Crippen LogP contribution in [0.15, 0.2) is 34.8 Å². The summed E-state index contributed by atoms with van der Waals surface area (Å²) in [6, 6.07) is 8.47. The molecule has 0 aliphatic heterocycles. The van der Waals surface area contributed by atoms with E-state index in [1.54, 1.807) is 30.3 Å². The van der Waals surface area contributed by atoms with Gasteiger partial charge in [-0.3, -0.25) is 4.79 Å². The molecule has 1 amide bonds. The van der Waals surface area contributed by atoms with Gasteiger partial charge in [0.25, 0.3) is 5.91 Å². The molecular weight excluding hydrogens is 363 g/mol. The summed E-state index contributed by atoms with van der Waals surface area (Å²) in [6.07, 6.45) is 0. The second kappa shape index (κ2) is 6.04. The fourth-order valence-electron chi connectivity index (χ4n) is 1.67. The highest BCUT2D eigenvalue weighted by Gasteiger charge is 2.15. The van der Waals surface area contributed by atoms with Crippen molar-refractivity contribution in [2.75, 3.05) is 11.1 Å². The molecule has 0 aromatic heterocycles. The topological polar surface area (TPSA) is 55.1 Å². The Morgan fingerprint density at radius 2 is 1.95 bits per heavy atom. The smallest absolute Gasteiger partial charge is 0.256 e. The lowest BCUT2D eigenvalue weighted by Crippen LogP contribution is -2.14. The quantitative estimate of drug-likeness (QED) is 0.735.